The van der Waals surface area contributed by atoms with Crippen molar-refractivity contribution in [1.29, 1.82) is 0 Å². The summed E-state index contributed by atoms with van der Waals surface area (Å²) in [7, 11) is 0. The number of nitrogens with zero attached hydrogens (tertiary/aromatic N) is 3. The number of aryl methyl sites for hydroxylation is 1. The van der Waals surface area contributed by atoms with Gasteiger partial charge in [0.25, 0.3) is 0 Å². The number of thioether (sulfide) groups is 1. The third-order valence-corrected chi connectivity index (χ3v) is 5.55. The maximum Gasteiger partial charge on any atom is 0.191 e. The monoisotopic (exact) mass is 331 g/mol. The standard InChI is InChI=1S/C13H22BrN3S/c1-2-6-11(9-14)10-18-13-16-15-12-7-4-3-5-8-17(12)13/h11H,2-10H2,1H3. The van der Waals surface area contributed by atoms with Gasteiger partial charge in [-0.3, -0.25) is 0 Å². The summed E-state index contributed by atoms with van der Waals surface area (Å²) in [6.45, 7) is 3.36. The van der Waals surface area contributed by atoms with Gasteiger partial charge in [0, 0.05) is 24.0 Å². The summed E-state index contributed by atoms with van der Waals surface area (Å²) in [5, 5.41) is 10.9. The molecule has 0 bridgehead atoms. The molecule has 1 atom stereocenters. The van der Waals surface area contributed by atoms with E-state index < -0.39 is 0 Å². The van der Waals surface area contributed by atoms with E-state index in [1.165, 1.54) is 37.9 Å². The lowest BCUT2D eigenvalue weighted by molar-refractivity contribution is 0.581. The summed E-state index contributed by atoms with van der Waals surface area (Å²) in [5.74, 6) is 3.09. The molecule has 0 saturated carbocycles. The summed E-state index contributed by atoms with van der Waals surface area (Å²) in [5.41, 5.74) is 0. The third kappa shape index (κ3) is 3.73. The molecule has 2 heterocycles. The molecule has 1 aromatic heterocycles. The first kappa shape index (κ1) is 14.4. The molecule has 0 radical (unpaired) electrons. The number of fused-ring (bicyclic) bond motifs is 1. The van der Waals surface area contributed by atoms with Gasteiger partial charge in [-0.1, -0.05) is 47.5 Å². The van der Waals surface area contributed by atoms with Gasteiger partial charge in [-0.2, -0.15) is 0 Å². The molecule has 1 aromatic rings. The molecule has 5 heteroatoms. The second-order valence-corrected chi connectivity index (χ2v) is 6.62. The van der Waals surface area contributed by atoms with Crippen LogP contribution in [0.3, 0.4) is 0 Å². The Morgan fingerprint density at radius 1 is 1.33 bits per heavy atom. The average Bonchev–Trinajstić information content (AvgIpc) is 2.62. The highest BCUT2D eigenvalue weighted by Crippen LogP contribution is 2.25. The van der Waals surface area contributed by atoms with Gasteiger partial charge in [0.2, 0.25) is 0 Å². The Kier molecular flexibility index (Phi) is 6.02. The fourth-order valence-electron chi connectivity index (χ4n) is 2.37. The Labute approximate surface area is 122 Å². The van der Waals surface area contributed by atoms with Crippen molar-refractivity contribution in [1.82, 2.24) is 14.8 Å². The molecule has 0 N–H and O–H groups in total. The number of rotatable bonds is 6. The number of halogens is 1. The van der Waals surface area contributed by atoms with Gasteiger partial charge < -0.3 is 4.57 Å². The molecule has 1 aliphatic rings. The Morgan fingerprint density at radius 3 is 3.00 bits per heavy atom. The molecule has 102 valence electrons. The maximum absolute atomic E-state index is 4.37. The second kappa shape index (κ2) is 7.53. The van der Waals surface area contributed by atoms with Crippen molar-refractivity contribution in [3.63, 3.8) is 0 Å². The van der Waals surface area contributed by atoms with Crippen LogP contribution in [0.25, 0.3) is 0 Å². The van der Waals surface area contributed by atoms with Gasteiger partial charge >= 0.3 is 0 Å². The van der Waals surface area contributed by atoms with E-state index in [-0.39, 0.29) is 0 Å². The van der Waals surface area contributed by atoms with Crippen LogP contribution < -0.4 is 0 Å². The average molecular weight is 332 g/mol. The first-order valence-corrected chi connectivity index (χ1v) is 9.06. The van der Waals surface area contributed by atoms with Crippen molar-refractivity contribution in [3.05, 3.63) is 5.82 Å². The van der Waals surface area contributed by atoms with Gasteiger partial charge in [0.15, 0.2) is 5.16 Å². The molecule has 0 aliphatic carbocycles. The van der Waals surface area contributed by atoms with E-state index in [0.717, 1.165) is 35.1 Å². The van der Waals surface area contributed by atoms with Crippen LogP contribution in [-0.4, -0.2) is 25.8 Å². The van der Waals surface area contributed by atoms with Gasteiger partial charge in [-0.15, -0.1) is 10.2 Å². The maximum atomic E-state index is 4.37. The van der Waals surface area contributed by atoms with Crippen molar-refractivity contribution in [2.75, 3.05) is 11.1 Å². The largest absolute Gasteiger partial charge is 0.306 e. The van der Waals surface area contributed by atoms with Crippen LogP contribution in [0.15, 0.2) is 5.16 Å². The highest BCUT2D eigenvalue weighted by atomic mass is 79.9. The smallest absolute Gasteiger partial charge is 0.191 e. The lowest BCUT2D eigenvalue weighted by atomic mass is 10.1. The molecule has 3 nitrogen and oxygen atoms in total. The summed E-state index contributed by atoms with van der Waals surface area (Å²) in [6, 6.07) is 0. The van der Waals surface area contributed by atoms with Crippen LogP contribution in [0.1, 0.15) is 44.9 Å². The van der Waals surface area contributed by atoms with E-state index in [2.05, 4.69) is 37.6 Å². The fourth-order valence-corrected chi connectivity index (χ4v) is 4.35. The molecule has 0 saturated heterocycles. The van der Waals surface area contributed by atoms with E-state index in [0.29, 0.717) is 0 Å². The minimum atomic E-state index is 0.749. The first-order valence-electron chi connectivity index (χ1n) is 6.96. The Morgan fingerprint density at radius 2 is 2.22 bits per heavy atom. The predicted molar refractivity (Wildman–Crippen MR) is 80.5 cm³/mol. The number of hydrogen-bond donors (Lipinski definition) is 0. The highest BCUT2D eigenvalue weighted by molar-refractivity contribution is 9.09. The van der Waals surface area contributed by atoms with E-state index in [4.69, 9.17) is 0 Å². The Bertz CT molecular complexity index is 367. The first-order chi connectivity index (χ1) is 8.85. The summed E-state index contributed by atoms with van der Waals surface area (Å²) >= 11 is 5.50. The van der Waals surface area contributed by atoms with Gasteiger partial charge in [0.05, 0.1) is 0 Å². The number of alkyl halides is 1. The van der Waals surface area contributed by atoms with Crippen molar-refractivity contribution >= 4 is 27.7 Å². The molecule has 18 heavy (non-hydrogen) atoms. The lowest BCUT2D eigenvalue weighted by Gasteiger charge is -2.12. The van der Waals surface area contributed by atoms with Crippen molar-refractivity contribution in [2.45, 2.75) is 57.1 Å². The Hall–Kier alpha value is -0.0300. The molecule has 0 amide bonds. The van der Waals surface area contributed by atoms with E-state index in [9.17, 15) is 0 Å². The summed E-state index contributed by atoms with van der Waals surface area (Å²) < 4.78 is 2.34. The number of hydrogen-bond acceptors (Lipinski definition) is 3. The molecule has 0 aromatic carbocycles. The second-order valence-electron chi connectivity index (χ2n) is 4.98. The minimum Gasteiger partial charge on any atom is -0.306 e. The lowest BCUT2D eigenvalue weighted by Crippen LogP contribution is -2.07. The zero-order valence-corrected chi connectivity index (χ0v) is 13.5. The summed E-state index contributed by atoms with van der Waals surface area (Å²) in [6.07, 6.45) is 7.52. The molecule has 1 unspecified atom stereocenters. The molecule has 1 aliphatic heterocycles. The molecular formula is C13H22BrN3S. The van der Waals surface area contributed by atoms with E-state index in [1.54, 1.807) is 0 Å². The van der Waals surface area contributed by atoms with Crippen molar-refractivity contribution in [3.8, 4) is 0 Å². The normalized spacial score (nSPS) is 17.2. The quantitative estimate of drug-likeness (QED) is 0.585. The van der Waals surface area contributed by atoms with Crippen LogP contribution >= 0.6 is 27.7 Å². The molecule has 0 fully saturated rings. The van der Waals surface area contributed by atoms with Crippen LogP contribution in [0.2, 0.25) is 0 Å². The zero-order valence-electron chi connectivity index (χ0n) is 11.1. The van der Waals surface area contributed by atoms with Gasteiger partial charge in [-0.05, 0) is 25.2 Å². The molecule has 0 spiro atoms. The Balaban J connectivity index is 1.95. The van der Waals surface area contributed by atoms with Gasteiger partial charge in [0.1, 0.15) is 5.82 Å². The van der Waals surface area contributed by atoms with Crippen LogP contribution in [0.4, 0.5) is 0 Å². The third-order valence-electron chi connectivity index (χ3n) is 3.44. The molecular weight excluding hydrogens is 310 g/mol. The van der Waals surface area contributed by atoms with Gasteiger partial charge in [-0.25, -0.2) is 0 Å². The number of aromatic nitrogens is 3. The van der Waals surface area contributed by atoms with E-state index in [1.807, 2.05) is 11.8 Å². The van der Waals surface area contributed by atoms with Crippen LogP contribution in [0, 0.1) is 5.92 Å². The van der Waals surface area contributed by atoms with Crippen LogP contribution in [-0.2, 0) is 13.0 Å². The molecule has 2 rings (SSSR count). The van der Waals surface area contributed by atoms with Crippen LogP contribution in [0.5, 0.6) is 0 Å². The van der Waals surface area contributed by atoms with Crippen molar-refractivity contribution < 1.29 is 0 Å². The fraction of sp³-hybridized carbons (Fsp3) is 0.846. The summed E-state index contributed by atoms with van der Waals surface area (Å²) in [4.78, 5) is 0. The van der Waals surface area contributed by atoms with E-state index >= 15 is 0 Å². The zero-order chi connectivity index (χ0) is 12.8. The highest BCUT2D eigenvalue weighted by Gasteiger charge is 2.16. The minimum absolute atomic E-state index is 0.749. The SMILES string of the molecule is CCCC(CBr)CSc1nnc2n1CCCCC2. The van der Waals surface area contributed by atoms with Crippen molar-refractivity contribution in [2.24, 2.45) is 5.92 Å². The predicted octanol–water partition coefficient (Wildman–Crippen LogP) is 3.91. The topological polar surface area (TPSA) is 30.7 Å².